The number of ether oxygens (including phenoxy) is 2. The normalized spacial score (nSPS) is 19.8. The number of rotatable bonds is 3. The summed E-state index contributed by atoms with van der Waals surface area (Å²) in [6.07, 6.45) is 2.22. The van der Waals surface area contributed by atoms with E-state index in [1.807, 2.05) is 19.2 Å². The molecule has 0 bridgehead atoms. The van der Waals surface area contributed by atoms with Crippen LogP contribution in [0.3, 0.4) is 0 Å². The molecule has 0 saturated carbocycles. The lowest BCUT2D eigenvalue weighted by atomic mass is 10.1. The Bertz CT molecular complexity index is 480. The minimum absolute atomic E-state index is 0.114. The van der Waals surface area contributed by atoms with Crippen LogP contribution in [0.15, 0.2) is 18.2 Å². The summed E-state index contributed by atoms with van der Waals surface area (Å²) in [4.78, 5) is 13.7. The molecule has 1 amide bonds. The lowest BCUT2D eigenvalue weighted by Crippen LogP contribution is -2.23. The summed E-state index contributed by atoms with van der Waals surface area (Å²) in [7, 11) is 1.83. The number of amides is 1. The van der Waals surface area contributed by atoms with Crippen LogP contribution in [0.5, 0.6) is 0 Å². The third kappa shape index (κ3) is 2.65. The number of benzene rings is 1. The van der Waals surface area contributed by atoms with Crippen LogP contribution in [0.2, 0.25) is 0 Å². The number of carbonyl (C=O) groups excluding carboxylic acids is 1. The SMILES string of the molecule is CN1Cc2ccc(COC3CCOCC3)cc2C1=O. The van der Waals surface area contributed by atoms with E-state index in [-0.39, 0.29) is 5.91 Å². The van der Waals surface area contributed by atoms with E-state index >= 15 is 0 Å². The van der Waals surface area contributed by atoms with E-state index in [0.29, 0.717) is 12.7 Å². The fraction of sp³-hybridized carbons (Fsp3) is 0.533. The van der Waals surface area contributed by atoms with Gasteiger partial charge in [0, 0.05) is 32.4 Å². The number of hydrogen-bond donors (Lipinski definition) is 0. The molecular formula is C15H19NO3. The molecular weight excluding hydrogens is 242 g/mol. The molecule has 0 N–H and O–H groups in total. The number of carbonyl (C=O) groups is 1. The van der Waals surface area contributed by atoms with Gasteiger partial charge in [-0.3, -0.25) is 4.79 Å². The van der Waals surface area contributed by atoms with Crippen LogP contribution in [-0.4, -0.2) is 37.2 Å². The number of hydrogen-bond acceptors (Lipinski definition) is 3. The highest BCUT2D eigenvalue weighted by atomic mass is 16.5. The van der Waals surface area contributed by atoms with Crippen molar-refractivity contribution in [2.24, 2.45) is 0 Å². The minimum atomic E-state index is 0.114. The van der Waals surface area contributed by atoms with Crippen LogP contribution in [-0.2, 0) is 22.6 Å². The molecule has 0 unspecified atom stereocenters. The van der Waals surface area contributed by atoms with Crippen molar-refractivity contribution in [2.45, 2.75) is 32.1 Å². The van der Waals surface area contributed by atoms with Crippen molar-refractivity contribution in [1.29, 1.82) is 0 Å². The standard InChI is InChI=1S/C15H19NO3/c1-16-9-12-3-2-11(8-14(12)15(16)17)10-19-13-4-6-18-7-5-13/h2-3,8,13H,4-7,9-10H2,1H3. The highest BCUT2D eigenvalue weighted by Gasteiger charge is 2.24. The van der Waals surface area contributed by atoms with Crippen molar-refractivity contribution < 1.29 is 14.3 Å². The summed E-state index contributed by atoms with van der Waals surface area (Å²) in [5.41, 5.74) is 3.02. The van der Waals surface area contributed by atoms with Gasteiger partial charge in [-0.05, 0) is 30.0 Å². The maximum absolute atomic E-state index is 11.9. The van der Waals surface area contributed by atoms with Gasteiger partial charge in [-0.1, -0.05) is 12.1 Å². The second-order valence-corrected chi connectivity index (χ2v) is 5.28. The monoisotopic (exact) mass is 261 g/mol. The van der Waals surface area contributed by atoms with Crippen LogP contribution in [0.25, 0.3) is 0 Å². The zero-order chi connectivity index (χ0) is 13.2. The van der Waals surface area contributed by atoms with E-state index in [4.69, 9.17) is 9.47 Å². The summed E-state index contributed by atoms with van der Waals surface area (Å²) >= 11 is 0. The van der Waals surface area contributed by atoms with Crippen LogP contribution < -0.4 is 0 Å². The van der Waals surface area contributed by atoms with E-state index in [0.717, 1.165) is 49.3 Å². The highest BCUT2D eigenvalue weighted by molar-refractivity contribution is 5.98. The molecule has 1 saturated heterocycles. The Balaban J connectivity index is 1.64. The van der Waals surface area contributed by atoms with Crippen LogP contribution in [0.4, 0.5) is 0 Å². The molecule has 3 rings (SSSR count). The van der Waals surface area contributed by atoms with Gasteiger partial charge in [0.2, 0.25) is 0 Å². The van der Waals surface area contributed by atoms with Gasteiger partial charge < -0.3 is 14.4 Å². The molecule has 2 aliphatic rings. The predicted octanol–water partition coefficient (Wildman–Crippen LogP) is 1.97. The van der Waals surface area contributed by atoms with Gasteiger partial charge in [0.05, 0.1) is 12.7 Å². The first-order valence-corrected chi connectivity index (χ1v) is 6.80. The summed E-state index contributed by atoms with van der Waals surface area (Å²) in [6.45, 7) is 2.88. The van der Waals surface area contributed by atoms with Crippen LogP contribution in [0.1, 0.15) is 34.3 Å². The zero-order valence-electron chi connectivity index (χ0n) is 11.2. The Hall–Kier alpha value is -1.39. The van der Waals surface area contributed by atoms with E-state index in [9.17, 15) is 4.79 Å². The zero-order valence-corrected chi connectivity index (χ0v) is 11.2. The van der Waals surface area contributed by atoms with Crippen molar-refractivity contribution in [3.05, 3.63) is 34.9 Å². The van der Waals surface area contributed by atoms with Crippen molar-refractivity contribution >= 4 is 5.91 Å². The molecule has 0 aromatic heterocycles. The largest absolute Gasteiger partial charge is 0.381 e. The molecule has 2 heterocycles. The molecule has 1 fully saturated rings. The van der Waals surface area contributed by atoms with Crippen molar-refractivity contribution in [3.8, 4) is 0 Å². The molecule has 19 heavy (non-hydrogen) atoms. The third-order valence-corrected chi connectivity index (χ3v) is 3.81. The van der Waals surface area contributed by atoms with Crippen LogP contribution in [0, 0.1) is 0 Å². The van der Waals surface area contributed by atoms with Crippen molar-refractivity contribution in [1.82, 2.24) is 4.90 Å². The van der Waals surface area contributed by atoms with E-state index in [2.05, 4.69) is 6.07 Å². The number of fused-ring (bicyclic) bond motifs is 1. The van der Waals surface area contributed by atoms with Crippen molar-refractivity contribution in [3.63, 3.8) is 0 Å². The predicted molar refractivity (Wildman–Crippen MR) is 70.9 cm³/mol. The topological polar surface area (TPSA) is 38.8 Å². The van der Waals surface area contributed by atoms with E-state index in [1.165, 1.54) is 0 Å². The Morgan fingerprint density at radius 3 is 2.95 bits per heavy atom. The second-order valence-electron chi connectivity index (χ2n) is 5.28. The van der Waals surface area contributed by atoms with Gasteiger partial charge in [0.25, 0.3) is 5.91 Å². The van der Waals surface area contributed by atoms with E-state index < -0.39 is 0 Å². The van der Waals surface area contributed by atoms with Gasteiger partial charge in [-0.2, -0.15) is 0 Å². The maximum atomic E-state index is 11.9. The van der Waals surface area contributed by atoms with Gasteiger partial charge in [0.1, 0.15) is 0 Å². The summed E-state index contributed by atoms with van der Waals surface area (Å²) in [5.74, 6) is 0.114. The molecule has 1 aromatic rings. The summed E-state index contributed by atoms with van der Waals surface area (Å²) in [5, 5.41) is 0. The molecule has 0 atom stereocenters. The Morgan fingerprint density at radius 1 is 1.37 bits per heavy atom. The Kier molecular flexibility index (Phi) is 3.53. The molecule has 1 aromatic carbocycles. The number of nitrogens with zero attached hydrogens (tertiary/aromatic N) is 1. The minimum Gasteiger partial charge on any atom is -0.381 e. The fourth-order valence-electron chi connectivity index (χ4n) is 2.64. The molecule has 0 aliphatic carbocycles. The molecule has 0 spiro atoms. The van der Waals surface area contributed by atoms with Gasteiger partial charge in [-0.25, -0.2) is 0 Å². The van der Waals surface area contributed by atoms with Crippen molar-refractivity contribution in [2.75, 3.05) is 20.3 Å². The smallest absolute Gasteiger partial charge is 0.254 e. The Morgan fingerprint density at radius 2 is 2.16 bits per heavy atom. The van der Waals surface area contributed by atoms with Gasteiger partial charge in [0.15, 0.2) is 0 Å². The third-order valence-electron chi connectivity index (χ3n) is 3.81. The maximum Gasteiger partial charge on any atom is 0.254 e. The first-order valence-electron chi connectivity index (χ1n) is 6.80. The molecule has 0 radical (unpaired) electrons. The first kappa shape index (κ1) is 12.6. The molecule has 4 heteroatoms. The second kappa shape index (κ2) is 5.31. The summed E-state index contributed by atoms with van der Waals surface area (Å²) < 4.78 is 11.2. The lowest BCUT2D eigenvalue weighted by molar-refractivity contribution is -0.0390. The quantitative estimate of drug-likeness (QED) is 0.835. The van der Waals surface area contributed by atoms with Gasteiger partial charge >= 0.3 is 0 Å². The fourth-order valence-corrected chi connectivity index (χ4v) is 2.64. The van der Waals surface area contributed by atoms with E-state index in [1.54, 1.807) is 4.90 Å². The lowest BCUT2D eigenvalue weighted by Gasteiger charge is -2.22. The highest BCUT2D eigenvalue weighted by Crippen LogP contribution is 2.23. The molecule has 4 nitrogen and oxygen atoms in total. The Labute approximate surface area is 113 Å². The molecule has 2 aliphatic heterocycles. The average Bonchev–Trinajstić information content (AvgIpc) is 2.73. The molecule has 102 valence electrons. The first-order chi connectivity index (χ1) is 9.24. The summed E-state index contributed by atoms with van der Waals surface area (Å²) in [6, 6.07) is 6.07. The average molecular weight is 261 g/mol. The van der Waals surface area contributed by atoms with Crippen LogP contribution >= 0.6 is 0 Å². The van der Waals surface area contributed by atoms with Gasteiger partial charge in [-0.15, -0.1) is 0 Å².